The van der Waals surface area contributed by atoms with Gasteiger partial charge in [-0.05, 0) is 42.9 Å². The Morgan fingerprint density at radius 2 is 1.81 bits per heavy atom. The largest absolute Gasteiger partial charge is 0.350 e. The Bertz CT molecular complexity index is 576. The van der Waals surface area contributed by atoms with Crippen molar-refractivity contribution in [2.45, 2.75) is 45.6 Å². The fourth-order valence-corrected chi connectivity index (χ4v) is 3.82. The summed E-state index contributed by atoms with van der Waals surface area (Å²) in [7, 11) is 2.14. The van der Waals surface area contributed by atoms with Gasteiger partial charge in [-0.3, -0.25) is 0 Å². The van der Waals surface area contributed by atoms with Crippen molar-refractivity contribution in [3.63, 3.8) is 0 Å². The first-order valence-corrected chi connectivity index (χ1v) is 8.51. The molecular weight excluding hydrogens is 256 g/mol. The summed E-state index contributed by atoms with van der Waals surface area (Å²) in [6.45, 7) is 4.51. The maximum Gasteiger partial charge on any atom is 0.0481 e. The predicted molar refractivity (Wildman–Crippen MR) is 90.4 cm³/mol. The molecule has 1 saturated carbocycles. The van der Waals surface area contributed by atoms with E-state index in [1.54, 1.807) is 0 Å². The van der Waals surface area contributed by atoms with Gasteiger partial charge in [-0.1, -0.05) is 44.4 Å². The molecule has 21 heavy (non-hydrogen) atoms. The van der Waals surface area contributed by atoms with Crippen molar-refractivity contribution in [1.29, 1.82) is 0 Å². The number of nitrogens with one attached hydrogen (secondary N) is 1. The smallest absolute Gasteiger partial charge is 0.0481 e. The van der Waals surface area contributed by atoms with Crippen LogP contribution in [0.2, 0.25) is 0 Å². The standard InChI is InChI=1S/C19H28N2/c1-3-15-8-10-16(11-9-15)12-20-13-17-14-21(2)19-7-5-4-6-18(17)19/h4-7,14-16,20H,3,8-13H2,1-2H3. The van der Waals surface area contributed by atoms with Crippen LogP contribution >= 0.6 is 0 Å². The minimum Gasteiger partial charge on any atom is -0.350 e. The number of para-hydroxylation sites is 1. The highest BCUT2D eigenvalue weighted by Crippen LogP contribution is 2.30. The Morgan fingerprint density at radius 3 is 2.57 bits per heavy atom. The summed E-state index contributed by atoms with van der Waals surface area (Å²) in [5.41, 5.74) is 2.76. The first-order valence-electron chi connectivity index (χ1n) is 8.51. The van der Waals surface area contributed by atoms with Crippen molar-refractivity contribution >= 4 is 10.9 Å². The van der Waals surface area contributed by atoms with Crippen molar-refractivity contribution in [3.05, 3.63) is 36.0 Å². The zero-order chi connectivity index (χ0) is 14.7. The molecule has 114 valence electrons. The molecule has 0 amide bonds. The normalized spacial score (nSPS) is 22.8. The molecule has 1 heterocycles. The van der Waals surface area contributed by atoms with E-state index < -0.39 is 0 Å². The number of nitrogens with zero attached hydrogens (tertiary/aromatic N) is 1. The maximum atomic E-state index is 3.70. The van der Waals surface area contributed by atoms with Gasteiger partial charge >= 0.3 is 0 Å². The zero-order valence-electron chi connectivity index (χ0n) is 13.4. The Labute approximate surface area is 128 Å². The van der Waals surface area contributed by atoms with E-state index in [-0.39, 0.29) is 0 Å². The fourth-order valence-electron chi connectivity index (χ4n) is 3.82. The summed E-state index contributed by atoms with van der Waals surface area (Å²) in [5, 5.41) is 5.09. The van der Waals surface area contributed by atoms with Crippen LogP contribution in [0.25, 0.3) is 10.9 Å². The number of aromatic nitrogens is 1. The molecule has 2 aromatic rings. The third-order valence-electron chi connectivity index (χ3n) is 5.27. The van der Waals surface area contributed by atoms with Gasteiger partial charge in [-0.25, -0.2) is 0 Å². The van der Waals surface area contributed by atoms with Gasteiger partial charge in [0.1, 0.15) is 0 Å². The highest BCUT2D eigenvalue weighted by atomic mass is 14.9. The van der Waals surface area contributed by atoms with Crippen LogP contribution in [0.3, 0.4) is 0 Å². The minimum absolute atomic E-state index is 0.891. The van der Waals surface area contributed by atoms with Crippen LogP contribution in [-0.2, 0) is 13.6 Å². The molecular formula is C19H28N2. The lowest BCUT2D eigenvalue weighted by atomic mass is 9.81. The molecule has 1 aromatic carbocycles. The van der Waals surface area contributed by atoms with E-state index in [0.29, 0.717) is 0 Å². The molecule has 0 radical (unpaired) electrons. The summed E-state index contributed by atoms with van der Waals surface area (Å²) in [6.07, 6.45) is 9.36. The molecule has 1 fully saturated rings. The van der Waals surface area contributed by atoms with Crippen LogP contribution in [-0.4, -0.2) is 11.1 Å². The molecule has 0 atom stereocenters. The number of hydrogen-bond acceptors (Lipinski definition) is 1. The van der Waals surface area contributed by atoms with Gasteiger partial charge in [0.05, 0.1) is 0 Å². The van der Waals surface area contributed by atoms with Gasteiger partial charge in [-0.15, -0.1) is 0 Å². The third kappa shape index (κ3) is 3.32. The lowest BCUT2D eigenvalue weighted by Crippen LogP contribution is -2.26. The van der Waals surface area contributed by atoms with Gasteiger partial charge in [0.2, 0.25) is 0 Å². The average Bonchev–Trinajstić information content (AvgIpc) is 2.85. The molecule has 1 aromatic heterocycles. The monoisotopic (exact) mass is 284 g/mol. The summed E-state index contributed by atoms with van der Waals surface area (Å²) in [6, 6.07) is 8.69. The predicted octanol–water partition coefficient (Wildman–Crippen LogP) is 4.48. The van der Waals surface area contributed by atoms with Crippen LogP contribution in [0, 0.1) is 11.8 Å². The Kier molecular flexibility index (Phi) is 4.64. The lowest BCUT2D eigenvalue weighted by molar-refractivity contribution is 0.262. The maximum absolute atomic E-state index is 3.70. The molecule has 2 heteroatoms. The van der Waals surface area contributed by atoms with Crippen molar-refractivity contribution in [1.82, 2.24) is 9.88 Å². The summed E-state index contributed by atoms with van der Waals surface area (Å²) < 4.78 is 2.23. The lowest BCUT2D eigenvalue weighted by Gasteiger charge is -2.27. The van der Waals surface area contributed by atoms with Gasteiger partial charge in [-0.2, -0.15) is 0 Å². The first kappa shape index (κ1) is 14.6. The highest BCUT2D eigenvalue weighted by molar-refractivity contribution is 5.83. The number of aryl methyl sites for hydroxylation is 1. The van der Waals surface area contributed by atoms with E-state index in [2.05, 4.69) is 54.3 Å². The molecule has 0 aliphatic heterocycles. The SMILES string of the molecule is CCC1CCC(CNCc2cn(C)c3ccccc23)CC1. The number of benzene rings is 1. The second-order valence-corrected chi connectivity index (χ2v) is 6.71. The third-order valence-corrected chi connectivity index (χ3v) is 5.27. The second-order valence-electron chi connectivity index (χ2n) is 6.71. The topological polar surface area (TPSA) is 17.0 Å². The summed E-state index contributed by atoms with van der Waals surface area (Å²) >= 11 is 0. The molecule has 0 unspecified atom stereocenters. The van der Waals surface area contributed by atoms with E-state index in [1.807, 2.05) is 0 Å². The van der Waals surface area contributed by atoms with E-state index in [0.717, 1.165) is 18.4 Å². The molecule has 1 N–H and O–H groups in total. The summed E-state index contributed by atoms with van der Waals surface area (Å²) in [5.74, 6) is 1.89. The molecule has 0 saturated heterocycles. The number of hydrogen-bond donors (Lipinski definition) is 1. The molecule has 2 nitrogen and oxygen atoms in total. The van der Waals surface area contributed by atoms with Gasteiger partial charge in [0.15, 0.2) is 0 Å². The molecule has 0 spiro atoms. The summed E-state index contributed by atoms with van der Waals surface area (Å²) in [4.78, 5) is 0. The van der Waals surface area contributed by atoms with Crippen molar-refractivity contribution < 1.29 is 0 Å². The van der Waals surface area contributed by atoms with E-state index >= 15 is 0 Å². The van der Waals surface area contributed by atoms with E-state index in [1.165, 1.54) is 55.1 Å². The molecule has 1 aliphatic carbocycles. The quantitative estimate of drug-likeness (QED) is 0.856. The van der Waals surface area contributed by atoms with Gasteiger partial charge in [0.25, 0.3) is 0 Å². The number of rotatable bonds is 5. The van der Waals surface area contributed by atoms with Crippen molar-refractivity contribution in [2.24, 2.45) is 18.9 Å². The minimum atomic E-state index is 0.891. The van der Waals surface area contributed by atoms with Crippen LogP contribution in [0.15, 0.2) is 30.5 Å². The molecule has 3 rings (SSSR count). The Morgan fingerprint density at radius 1 is 1.10 bits per heavy atom. The van der Waals surface area contributed by atoms with E-state index in [4.69, 9.17) is 0 Å². The second kappa shape index (κ2) is 6.65. The first-order chi connectivity index (χ1) is 10.3. The van der Waals surface area contributed by atoms with Gasteiger partial charge < -0.3 is 9.88 Å². The van der Waals surface area contributed by atoms with Gasteiger partial charge in [0, 0.05) is 30.7 Å². The van der Waals surface area contributed by atoms with Crippen LogP contribution < -0.4 is 5.32 Å². The van der Waals surface area contributed by atoms with Crippen molar-refractivity contribution in [3.8, 4) is 0 Å². The van der Waals surface area contributed by atoms with Crippen LogP contribution in [0.5, 0.6) is 0 Å². The zero-order valence-corrected chi connectivity index (χ0v) is 13.4. The Balaban J connectivity index is 1.53. The Hall–Kier alpha value is -1.28. The molecule has 0 bridgehead atoms. The van der Waals surface area contributed by atoms with E-state index in [9.17, 15) is 0 Å². The number of fused-ring (bicyclic) bond motifs is 1. The fraction of sp³-hybridized carbons (Fsp3) is 0.579. The van der Waals surface area contributed by atoms with Crippen molar-refractivity contribution in [2.75, 3.05) is 6.54 Å². The average molecular weight is 284 g/mol. The van der Waals surface area contributed by atoms with Crippen LogP contribution in [0.1, 0.15) is 44.6 Å². The molecule has 1 aliphatic rings. The van der Waals surface area contributed by atoms with Crippen LogP contribution in [0.4, 0.5) is 0 Å². The highest BCUT2D eigenvalue weighted by Gasteiger charge is 2.19.